The lowest BCUT2D eigenvalue weighted by Crippen LogP contribution is -2.19. The molecule has 2 aromatic carbocycles. The fraction of sp³-hybridized carbons (Fsp3) is 0.222. The number of ketones is 1. The maximum Gasteiger partial charge on any atom is 0.374 e. The maximum atomic E-state index is 12.0. The second kappa shape index (κ2) is 7.84. The molecule has 0 spiro atoms. The first-order valence-electron chi connectivity index (χ1n) is 7.19. The smallest absolute Gasteiger partial charge is 0.374 e. The largest absolute Gasteiger partial charge is 0.508 e. The van der Waals surface area contributed by atoms with Gasteiger partial charge in [-0.05, 0) is 23.8 Å². The summed E-state index contributed by atoms with van der Waals surface area (Å²) in [6.45, 7) is 0. The lowest BCUT2D eigenvalue weighted by atomic mass is 9.86. The molecule has 0 bridgehead atoms. The van der Waals surface area contributed by atoms with E-state index in [1.807, 2.05) is 0 Å². The highest BCUT2D eigenvalue weighted by Crippen LogP contribution is 2.36. The number of ether oxygens (including phenoxy) is 2. The van der Waals surface area contributed by atoms with E-state index in [0.717, 1.165) is 12.7 Å². The number of hydrogen-bond acceptors (Lipinski definition) is 5. The lowest BCUT2D eigenvalue weighted by molar-refractivity contribution is -0.151. The molecule has 0 aliphatic carbocycles. The summed E-state index contributed by atoms with van der Waals surface area (Å²) in [7, 11) is 2.65. The second-order valence-electron chi connectivity index (χ2n) is 5.15. The molecule has 0 aliphatic rings. The van der Waals surface area contributed by atoms with Crippen LogP contribution in [0.4, 0.5) is 0 Å². The minimum atomic E-state index is -0.915. The van der Waals surface area contributed by atoms with Gasteiger partial charge in [0, 0.05) is 29.0 Å². The number of rotatable bonds is 6. The molecule has 1 N–H and O–H groups in total. The van der Waals surface area contributed by atoms with E-state index in [4.69, 9.17) is 16.3 Å². The fourth-order valence-electron chi connectivity index (χ4n) is 2.43. The predicted molar refractivity (Wildman–Crippen MR) is 89.6 cm³/mol. The fourth-order valence-corrected chi connectivity index (χ4v) is 2.56. The molecule has 0 aromatic heterocycles. The Morgan fingerprint density at radius 3 is 2.33 bits per heavy atom. The number of phenolic OH excluding ortho intramolecular Hbond substituents is 1. The van der Waals surface area contributed by atoms with Gasteiger partial charge < -0.3 is 14.6 Å². The normalized spacial score (nSPS) is 11.6. The first-order valence-corrected chi connectivity index (χ1v) is 7.57. The molecule has 0 amide bonds. The van der Waals surface area contributed by atoms with Crippen molar-refractivity contribution in [1.29, 1.82) is 0 Å². The average molecular weight is 349 g/mol. The first kappa shape index (κ1) is 17.8. The Balaban J connectivity index is 2.44. The molecule has 0 fully saturated rings. The molecule has 1 atom stereocenters. The molecule has 0 unspecified atom stereocenters. The summed E-state index contributed by atoms with van der Waals surface area (Å²) >= 11 is 5.90. The number of phenols is 1. The third-order valence-corrected chi connectivity index (χ3v) is 3.94. The molecule has 2 rings (SSSR count). The van der Waals surface area contributed by atoms with Gasteiger partial charge in [-0.2, -0.15) is 0 Å². The monoisotopic (exact) mass is 348 g/mol. The Hall–Kier alpha value is -2.53. The zero-order chi connectivity index (χ0) is 17.7. The summed E-state index contributed by atoms with van der Waals surface area (Å²) in [6, 6.07) is 11.7. The molecule has 0 saturated carbocycles. The highest BCUT2D eigenvalue weighted by molar-refractivity contribution is 6.33. The van der Waals surface area contributed by atoms with E-state index in [0.29, 0.717) is 16.3 Å². The molecule has 126 valence electrons. The Labute approximate surface area is 144 Å². The number of halogens is 1. The van der Waals surface area contributed by atoms with Crippen LogP contribution < -0.4 is 4.74 Å². The van der Waals surface area contributed by atoms with E-state index in [2.05, 4.69) is 4.74 Å². The van der Waals surface area contributed by atoms with E-state index >= 15 is 0 Å². The van der Waals surface area contributed by atoms with Gasteiger partial charge in [-0.15, -0.1) is 0 Å². The average Bonchev–Trinajstić information content (AvgIpc) is 2.59. The summed E-state index contributed by atoms with van der Waals surface area (Å²) in [5.74, 6) is -1.63. The van der Waals surface area contributed by atoms with E-state index < -0.39 is 17.7 Å². The van der Waals surface area contributed by atoms with Crippen molar-refractivity contribution >= 4 is 23.4 Å². The van der Waals surface area contributed by atoms with Gasteiger partial charge >= 0.3 is 5.97 Å². The molecular weight excluding hydrogens is 332 g/mol. The van der Waals surface area contributed by atoms with Gasteiger partial charge in [-0.1, -0.05) is 29.8 Å². The lowest BCUT2D eigenvalue weighted by Gasteiger charge is -2.19. The Morgan fingerprint density at radius 2 is 1.79 bits per heavy atom. The van der Waals surface area contributed by atoms with Crippen LogP contribution in [0.2, 0.25) is 5.02 Å². The van der Waals surface area contributed by atoms with Gasteiger partial charge in [0.25, 0.3) is 0 Å². The van der Waals surface area contributed by atoms with Crippen molar-refractivity contribution < 1.29 is 24.2 Å². The summed E-state index contributed by atoms with van der Waals surface area (Å²) in [5.41, 5.74) is 1.26. The third-order valence-electron chi connectivity index (χ3n) is 3.69. The first-order chi connectivity index (χ1) is 11.5. The van der Waals surface area contributed by atoms with Crippen molar-refractivity contribution in [1.82, 2.24) is 0 Å². The van der Waals surface area contributed by atoms with Crippen LogP contribution in [-0.4, -0.2) is 31.1 Å². The standard InChI is InChI=1S/C18H17ClO5/c1-23-13-7-8-14(16(20)9-13)15(10-17(21)18(22)24-2)11-3-5-12(19)6-4-11/h3-9,15,20H,10H2,1-2H3/t15-/m1/s1. The Kier molecular flexibility index (Phi) is 5.82. The third kappa shape index (κ3) is 4.06. The van der Waals surface area contributed by atoms with Gasteiger partial charge in [0.05, 0.1) is 14.2 Å². The van der Waals surface area contributed by atoms with E-state index in [1.165, 1.54) is 13.2 Å². The van der Waals surface area contributed by atoms with Crippen molar-refractivity contribution in [3.63, 3.8) is 0 Å². The summed E-state index contributed by atoms with van der Waals surface area (Å²) in [5, 5.41) is 10.8. The van der Waals surface area contributed by atoms with Crippen LogP contribution >= 0.6 is 11.6 Å². The van der Waals surface area contributed by atoms with Crippen LogP contribution in [0.25, 0.3) is 0 Å². The summed E-state index contributed by atoms with van der Waals surface area (Å²) in [4.78, 5) is 23.5. The second-order valence-corrected chi connectivity index (χ2v) is 5.58. The van der Waals surface area contributed by atoms with Gasteiger partial charge in [0.15, 0.2) is 0 Å². The minimum Gasteiger partial charge on any atom is -0.508 e. The number of Topliss-reactive ketones (excluding diaryl/α,β-unsaturated/α-hetero) is 1. The van der Waals surface area contributed by atoms with E-state index in [9.17, 15) is 14.7 Å². The Morgan fingerprint density at radius 1 is 1.12 bits per heavy atom. The maximum absolute atomic E-state index is 12.0. The number of carbonyl (C=O) groups excluding carboxylic acids is 2. The van der Waals surface area contributed by atoms with Crippen molar-refractivity contribution in [3.8, 4) is 11.5 Å². The zero-order valence-electron chi connectivity index (χ0n) is 13.3. The van der Waals surface area contributed by atoms with Crippen molar-refractivity contribution in [2.45, 2.75) is 12.3 Å². The molecular formula is C18H17ClO5. The highest BCUT2D eigenvalue weighted by Gasteiger charge is 2.25. The topological polar surface area (TPSA) is 72.8 Å². The van der Waals surface area contributed by atoms with Crippen molar-refractivity contribution in [2.75, 3.05) is 14.2 Å². The van der Waals surface area contributed by atoms with Crippen LogP contribution in [0.5, 0.6) is 11.5 Å². The Bertz CT molecular complexity index is 740. The van der Waals surface area contributed by atoms with Crippen molar-refractivity contribution in [3.05, 3.63) is 58.6 Å². The zero-order valence-corrected chi connectivity index (χ0v) is 14.0. The molecule has 5 nitrogen and oxygen atoms in total. The SMILES string of the molecule is COC(=O)C(=O)C[C@H](c1ccc(Cl)cc1)c1ccc(OC)cc1O. The molecule has 0 aliphatic heterocycles. The van der Waals surface area contributed by atoms with Crippen LogP contribution in [0.1, 0.15) is 23.5 Å². The van der Waals surface area contributed by atoms with Crippen LogP contribution in [0.3, 0.4) is 0 Å². The molecule has 2 aromatic rings. The van der Waals surface area contributed by atoms with Crippen LogP contribution in [0, 0.1) is 0 Å². The number of benzene rings is 2. The molecule has 6 heteroatoms. The van der Waals surface area contributed by atoms with Gasteiger partial charge in [0.2, 0.25) is 5.78 Å². The molecule has 0 heterocycles. The molecule has 24 heavy (non-hydrogen) atoms. The minimum absolute atomic E-state index is 0.0213. The quantitative estimate of drug-likeness (QED) is 0.640. The number of methoxy groups -OCH3 is 2. The number of esters is 1. The van der Waals surface area contributed by atoms with E-state index in [1.54, 1.807) is 36.4 Å². The van der Waals surface area contributed by atoms with Gasteiger partial charge in [0.1, 0.15) is 11.5 Å². The summed E-state index contributed by atoms with van der Waals surface area (Å²) < 4.78 is 9.55. The molecule has 0 radical (unpaired) electrons. The number of aromatic hydroxyl groups is 1. The van der Waals surface area contributed by atoms with E-state index in [-0.39, 0.29) is 12.2 Å². The molecule has 0 saturated heterocycles. The predicted octanol–water partition coefficient (Wildman–Crippen LogP) is 3.32. The highest BCUT2D eigenvalue weighted by atomic mass is 35.5. The summed E-state index contributed by atoms with van der Waals surface area (Å²) in [6.07, 6.45) is -0.131. The van der Waals surface area contributed by atoms with Crippen LogP contribution in [0.15, 0.2) is 42.5 Å². The van der Waals surface area contributed by atoms with Crippen LogP contribution in [-0.2, 0) is 14.3 Å². The number of carbonyl (C=O) groups is 2. The van der Waals surface area contributed by atoms with Gasteiger partial charge in [-0.3, -0.25) is 4.79 Å². The van der Waals surface area contributed by atoms with Crippen molar-refractivity contribution in [2.24, 2.45) is 0 Å². The number of hydrogen-bond donors (Lipinski definition) is 1. The van der Waals surface area contributed by atoms with Gasteiger partial charge in [-0.25, -0.2) is 4.79 Å².